The minimum atomic E-state index is -0.722. The van der Waals surface area contributed by atoms with E-state index in [2.05, 4.69) is 28.5 Å². The number of rotatable bonds is 5. The van der Waals surface area contributed by atoms with Gasteiger partial charge in [0.05, 0.1) is 11.4 Å². The summed E-state index contributed by atoms with van der Waals surface area (Å²) >= 11 is 1.66. The molecule has 0 aliphatic carbocycles. The third-order valence-electron chi connectivity index (χ3n) is 4.16. The maximum Gasteiger partial charge on any atom is 0.303 e. The summed E-state index contributed by atoms with van der Waals surface area (Å²) in [5, 5.41) is 10.9. The van der Waals surface area contributed by atoms with E-state index in [1.807, 2.05) is 0 Å². The van der Waals surface area contributed by atoms with Crippen LogP contribution in [0, 0.1) is 0 Å². The summed E-state index contributed by atoms with van der Waals surface area (Å²) in [5.74, 6) is -0.722. The average Bonchev–Trinajstić information content (AvgIpc) is 2.97. The average molecular weight is 307 g/mol. The molecule has 0 radical (unpaired) electrons. The monoisotopic (exact) mass is 307 g/mol. The van der Waals surface area contributed by atoms with Gasteiger partial charge in [-0.1, -0.05) is 0 Å². The van der Waals surface area contributed by atoms with E-state index in [4.69, 9.17) is 10.1 Å². The zero-order chi connectivity index (χ0) is 15.0. The van der Waals surface area contributed by atoms with E-state index in [-0.39, 0.29) is 6.42 Å². The van der Waals surface area contributed by atoms with E-state index in [0.717, 1.165) is 30.9 Å². The van der Waals surface area contributed by atoms with Crippen LogP contribution in [0.5, 0.6) is 0 Å². The van der Waals surface area contributed by atoms with Gasteiger partial charge in [0.1, 0.15) is 0 Å². The van der Waals surface area contributed by atoms with Crippen LogP contribution in [0.15, 0.2) is 5.38 Å². The molecule has 0 bridgehead atoms. The summed E-state index contributed by atoms with van der Waals surface area (Å²) < 4.78 is 2.26. The molecule has 0 saturated heterocycles. The Hall–Kier alpha value is -1.40. The standard InChI is InChI=1S/C15H21N3O2S/c1-10(2)17-7-6-12-13(8-17)18-11(4-3-5-14(19)20)9-21-15(18)16-12/h9-10H,3-8H2,1-2H3,(H,19,20). The maximum atomic E-state index is 10.7. The lowest BCUT2D eigenvalue weighted by atomic mass is 10.1. The topological polar surface area (TPSA) is 57.8 Å². The Bertz CT molecular complexity index is 659. The fourth-order valence-electron chi connectivity index (χ4n) is 2.94. The molecule has 0 amide bonds. The SMILES string of the molecule is CC(C)N1CCc2nc3scc(CCCC(=O)O)n3c2C1. The minimum absolute atomic E-state index is 0.229. The van der Waals surface area contributed by atoms with Gasteiger partial charge in [0.15, 0.2) is 4.96 Å². The number of thiazole rings is 1. The second kappa shape index (κ2) is 5.77. The Morgan fingerprint density at radius 2 is 2.33 bits per heavy atom. The Morgan fingerprint density at radius 1 is 1.52 bits per heavy atom. The molecular weight excluding hydrogens is 286 g/mol. The first-order valence-corrected chi connectivity index (χ1v) is 8.36. The minimum Gasteiger partial charge on any atom is -0.481 e. The van der Waals surface area contributed by atoms with Gasteiger partial charge in [0.25, 0.3) is 0 Å². The highest BCUT2D eigenvalue weighted by atomic mass is 32.1. The molecule has 2 aromatic rings. The number of aliphatic carboxylic acids is 1. The van der Waals surface area contributed by atoms with Crippen LogP contribution >= 0.6 is 11.3 Å². The first-order chi connectivity index (χ1) is 10.1. The number of aromatic nitrogens is 2. The first-order valence-electron chi connectivity index (χ1n) is 7.48. The van der Waals surface area contributed by atoms with Crippen LogP contribution in [-0.4, -0.2) is 37.9 Å². The molecule has 3 rings (SSSR count). The molecule has 114 valence electrons. The van der Waals surface area contributed by atoms with Crippen molar-refractivity contribution in [1.29, 1.82) is 0 Å². The number of hydrogen-bond donors (Lipinski definition) is 1. The second-order valence-corrected chi connectivity index (χ2v) is 6.75. The van der Waals surface area contributed by atoms with Gasteiger partial charge in [-0.2, -0.15) is 0 Å². The van der Waals surface area contributed by atoms with Gasteiger partial charge in [0, 0.05) is 43.0 Å². The van der Waals surface area contributed by atoms with Gasteiger partial charge in [0.2, 0.25) is 0 Å². The highest BCUT2D eigenvalue weighted by molar-refractivity contribution is 7.15. The number of nitrogens with zero attached hydrogens (tertiary/aromatic N) is 3. The van der Waals surface area contributed by atoms with Crippen LogP contribution in [-0.2, 0) is 24.2 Å². The predicted octanol–water partition coefficient (Wildman–Crippen LogP) is 2.57. The Morgan fingerprint density at radius 3 is 3.05 bits per heavy atom. The number of aryl methyl sites for hydroxylation is 1. The number of fused-ring (bicyclic) bond motifs is 3. The van der Waals surface area contributed by atoms with Crippen molar-refractivity contribution in [2.75, 3.05) is 6.54 Å². The number of imidazole rings is 1. The van der Waals surface area contributed by atoms with Crippen LogP contribution in [0.1, 0.15) is 43.8 Å². The van der Waals surface area contributed by atoms with Crippen LogP contribution in [0.3, 0.4) is 0 Å². The zero-order valence-electron chi connectivity index (χ0n) is 12.5. The number of carbonyl (C=O) groups is 1. The molecule has 0 unspecified atom stereocenters. The van der Waals surface area contributed by atoms with E-state index < -0.39 is 5.97 Å². The third-order valence-corrected chi connectivity index (χ3v) is 5.03. The van der Waals surface area contributed by atoms with Gasteiger partial charge < -0.3 is 5.11 Å². The zero-order valence-corrected chi connectivity index (χ0v) is 13.3. The summed E-state index contributed by atoms with van der Waals surface area (Å²) in [4.78, 5) is 18.9. The molecule has 6 heteroatoms. The lowest BCUT2D eigenvalue weighted by Gasteiger charge is -2.30. The molecule has 0 saturated carbocycles. The fourth-order valence-corrected chi connectivity index (χ4v) is 3.90. The van der Waals surface area contributed by atoms with Gasteiger partial charge in [-0.25, -0.2) is 4.98 Å². The van der Waals surface area contributed by atoms with E-state index in [1.165, 1.54) is 17.1 Å². The van der Waals surface area contributed by atoms with Crippen molar-refractivity contribution in [1.82, 2.24) is 14.3 Å². The molecule has 5 nitrogen and oxygen atoms in total. The van der Waals surface area contributed by atoms with Crippen molar-refractivity contribution >= 4 is 22.3 Å². The predicted molar refractivity (Wildman–Crippen MR) is 82.9 cm³/mol. The fraction of sp³-hybridized carbons (Fsp3) is 0.600. The molecule has 21 heavy (non-hydrogen) atoms. The molecule has 0 spiro atoms. The van der Waals surface area contributed by atoms with Crippen molar-refractivity contribution in [3.05, 3.63) is 22.5 Å². The summed E-state index contributed by atoms with van der Waals surface area (Å²) in [6.45, 7) is 6.47. The summed E-state index contributed by atoms with van der Waals surface area (Å²) in [5.41, 5.74) is 3.73. The van der Waals surface area contributed by atoms with E-state index in [0.29, 0.717) is 12.5 Å². The van der Waals surface area contributed by atoms with Gasteiger partial charge in [-0.15, -0.1) is 11.3 Å². The Balaban J connectivity index is 1.87. The smallest absolute Gasteiger partial charge is 0.303 e. The maximum absolute atomic E-state index is 10.7. The normalized spacial score (nSPS) is 15.8. The molecule has 0 fully saturated rings. The van der Waals surface area contributed by atoms with Crippen LogP contribution in [0.2, 0.25) is 0 Å². The molecule has 1 N–H and O–H groups in total. The highest BCUT2D eigenvalue weighted by Crippen LogP contribution is 2.27. The van der Waals surface area contributed by atoms with Gasteiger partial charge in [-0.05, 0) is 26.7 Å². The first kappa shape index (κ1) is 14.5. The van der Waals surface area contributed by atoms with Crippen molar-refractivity contribution in [3.63, 3.8) is 0 Å². The molecule has 0 atom stereocenters. The van der Waals surface area contributed by atoms with Gasteiger partial charge >= 0.3 is 5.97 Å². The van der Waals surface area contributed by atoms with Gasteiger partial charge in [-0.3, -0.25) is 14.1 Å². The van der Waals surface area contributed by atoms with E-state index in [9.17, 15) is 4.79 Å². The quantitative estimate of drug-likeness (QED) is 0.922. The summed E-state index contributed by atoms with van der Waals surface area (Å²) in [6, 6.07) is 0.540. The highest BCUT2D eigenvalue weighted by Gasteiger charge is 2.24. The molecule has 1 aliphatic heterocycles. The molecule has 3 heterocycles. The summed E-state index contributed by atoms with van der Waals surface area (Å²) in [7, 11) is 0. The lowest BCUT2D eigenvalue weighted by molar-refractivity contribution is -0.137. The molecular formula is C15H21N3O2S. The van der Waals surface area contributed by atoms with Crippen molar-refractivity contribution in [2.24, 2.45) is 0 Å². The lowest BCUT2D eigenvalue weighted by Crippen LogP contribution is -2.36. The van der Waals surface area contributed by atoms with E-state index in [1.54, 1.807) is 11.3 Å². The second-order valence-electron chi connectivity index (χ2n) is 5.91. The number of carboxylic acid groups (broad SMARTS) is 1. The van der Waals surface area contributed by atoms with Crippen LogP contribution in [0.4, 0.5) is 0 Å². The van der Waals surface area contributed by atoms with Crippen LogP contribution < -0.4 is 0 Å². The number of hydrogen-bond acceptors (Lipinski definition) is 4. The molecule has 1 aliphatic rings. The van der Waals surface area contributed by atoms with Crippen LogP contribution in [0.25, 0.3) is 4.96 Å². The third kappa shape index (κ3) is 2.82. The largest absolute Gasteiger partial charge is 0.481 e. The Labute approximate surface area is 128 Å². The molecule has 0 aromatic carbocycles. The summed E-state index contributed by atoms with van der Waals surface area (Å²) in [6.07, 6.45) is 2.72. The van der Waals surface area contributed by atoms with E-state index >= 15 is 0 Å². The van der Waals surface area contributed by atoms with Crippen molar-refractivity contribution in [3.8, 4) is 0 Å². The van der Waals surface area contributed by atoms with Crippen molar-refractivity contribution < 1.29 is 9.90 Å². The molecule has 2 aromatic heterocycles. The van der Waals surface area contributed by atoms with Crippen molar-refractivity contribution in [2.45, 2.75) is 52.1 Å². The number of carboxylic acids is 1. The Kier molecular flexibility index (Phi) is 3.99.